The van der Waals surface area contributed by atoms with Gasteiger partial charge in [-0.25, -0.2) is 0 Å². The summed E-state index contributed by atoms with van der Waals surface area (Å²) in [5, 5.41) is 8.35. The molecular formula is C28H25N3O3S. The third-order valence-electron chi connectivity index (χ3n) is 6.40. The average Bonchev–Trinajstić information content (AvgIpc) is 3.27. The molecule has 0 spiro atoms. The molecule has 0 bridgehead atoms. The van der Waals surface area contributed by atoms with E-state index in [0.717, 1.165) is 20.8 Å². The van der Waals surface area contributed by atoms with E-state index in [2.05, 4.69) is 40.6 Å². The summed E-state index contributed by atoms with van der Waals surface area (Å²) in [4.78, 5) is 5.04. The molecular weight excluding hydrogens is 458 g/mol. The monoisotopic (exact) mass is 483 g/mol. The topological polar surface area (TPSA) is 73.6 Å². The number of oxime groups is 1. The zero-order chi connectivity index (χ0) is 24.5. The van der Waals surface area contributed by atoms with Gasteiger partial charge in [0, 0.05) is 17.4 Å². The number of nitrogens with zero attached hydrogens (tertiary/aromatic N) is 3. The van der Waals surface area contributed by atoms with E-state index in [4.69, 9.17) is 4.84 Å². The molecule has 1 heterocycles. The van der Waals surface area contributed by atoms with E-state index in [0.29, 0.717) is 23.4 Å². The average molecular weight is 484 g/mol. The second kappa shape index (κ2) is 9.00. The first-order chi connectivity index (χ1) is 17.0. The van der Waals surface area contributed by atoms with Gasteiger partial charge in [0.05, 0.1) is 16.8 Å². The molecule has 0 radical (unpaired) electrons. The lowest BCUT2D eigenvalue weighted by atomic mass is 9.68. The Morgan fingerprint density at radius 3 is 2.11 bits per heavy atom. The fourth-order valence-electron chi connectivity index (χ4n) is 4.60. The lowest BCUT2D eigenvalue weighted by Gasteiger charge is -2.35. The molecule has 1 aliphatic carbocycles. The molecule has 3 aromatic carbocycles. The maximum absolute atomic E-state index is 13.8. The van der Waals surface area contributed by atoms with Crippen LogP contribution in [0.5, 0.6) is 0 Å². The summed E-state index contributed by atoms with van der Waals surface area (Å²) in [6.45, 7) is 1.92. The van der Waals surface area contributed by atoms with Crippen LogP contribution in [-0.2, 0) is 26.7 Å². The number of hydrogen-bond donors (Lipinski definition) is 0. The Balaban J connectivity index is 1.74. The van der Waals surface area contributed by atoms with Gasteiger partial charge in [-0.05, 0) is 30.2 Å². The van der Waals surface area contributed by atoms with Crippen molar-refractivity contribution in [2.75, 3.05) is 7.11 Å². The zero-order valence-electron chi connectivity index (χ0n) is 19.5. The van der Waals surface area contributed by atoms with Crippen molar-refractivity contribution in [1.82, 2.24) is 9.19 Å². The molecule has 1 aliphatic rings. The van der Waals surface area contributed by atoms with Crippen LogP contribution in [-0.4, -0.2) is 30.9 Å². The first-order valence-corrected chi connectivity index (χ1v) is 12.7. The minimum absolute atomic E-state index is 0.184. The third kappa shape index (κ3) is 3.98. The maximum Gasteiger partial charge on any atom is 0.283 e. The largest absolute Gasteiger partial charge is 0.399 e. The van der Waals surface area contributed by atoms with Gasteiger partial charge in [-0.3, -0.25) is 0 Å². The van der Waals surface area contributed by atoms with Gasteiger partial charge < -0.3 is 4.84 Å². The minimum atomic E-state index is -3.95. The molecule has 0 unspecified atom stereocenters. The van der Waals surface area contributed by atoms with Gasteiger partial charge in [0.2, 0.25) is 0 Å². The normalized spacial score (nSPS) is 14.7. The van der Waals surface area contributed by atoms with Crippen molar-refractivity contribution in [2.24, 2.45) is 5.16 Å². The molecule has 176 valence electrons. The molecule has 0 aliphatic heterocycles. The molecule has 0 amide bonds. The summed E-state index contributed by atoms with van der Waals surface area (Å²) >= 11 is 0. The Bertz CT molecular complexity index is 1470. The smallest absolute Gasteiger partial charge is 0.283 e. The molecule has 5 rings (SSSR count). The van der Waals surface area contributed by atoms with Crippen LogP contribution in [0.4, 0.5) is 0 Å². The Morgan fingerprint density at radius 2 is 1.54 bits per heavy atom. The number of rotatable bonds is 6. The predicted octanol–water partition coefficient (Wildman–Crippen LogP) is 4.96. The van der Waals surface area contributed by atoms with Gasteiger partial charge in [-0.2, -0.15) is 17.6 Å². The molecule has 0 saturated carbocycles. The highest BCUT2D eigenvalue weighted by Gasteiger charge is 2.39. The lowest BCUT2D eigenvalue weighted by Crippen LogP contribution is -2.32. The number of hydrogen-bond acceptors (Lipinski definition) is 5. The van der Waals surface area contributed by atoms with Crippen molar-refractivity contribution in [2.45, 2.75) is 23.7 Å². The number of allylic oxidation sites excluding steroid dienone is 1. The van der Waals surface area contributed by atoms with E-state index in [1.807, 2.05) is 49.4 Å². The van der Waals surface area contributed by atoms with Crippen LogP contribution in [0.3, 0.4) is 0 Å². The second-order valence-corrected chi connectivity index (χ2v) is 10.3. The van der Waals surface area contributed by atoms with Gasteiger partial charge in [0.15, 0.2) is 0 Å². The summed E-state index contributed by atoms with van der Waals surface area (Å²) in [6.07, 6.45) is 5.94. The summed E-state index contributed by atoms with van der Waals surface area (Å²) in [6, 6.07) is 27.1. The Morgan fingerprint density at radius 1 is 0.943 bits per heavy atom. The Hall–Kier alpha value is -3.97. The number of benzene rings is 3. The van der Waals surface area contributed by atoms with Crippen molar-refractivity contribution in [1.29, 1.82) is 0 Å². The number of aryl methyl sites for hydroxylation is 1. The molecule has 0 fully saturated rings. The summed E-state index contributed by atoms with van der Waals surface area (Å²) in [5.41, 5.74) is 4.30. The van der Waals surface area contributed by atoms with Crippen molar-refractivity contribution in [3.05, 3.63) is 125 Å². The molecule has 1 aromatic heterocycles. The molecule has 0 atom stereocenters. The molecule has 0 N–H and O–H groups in total. The van der Waals surface area contributed by atoms with Crippen molar-refractivity contribution < 1.29 is 13.3 Å². The van der Waals surface area contributed by atoms with E-state index in [-0.39, 0.29) is 4.90 Å². The third-order valence-corrected chi connectivity index (χ3v) is 8.03. The lowest BCUT2D eigenvalue weighted by molar-refractivity contribution is 0.215. The van der Waals surface area contributed by atoms with Crippen LogP contribution in [0.2, 0.25) is 0 Å². The summed E-state index contributed by atoms with van der Waals surface area (Å²) in [5.74, 6) is 0. The van der Waals surface area contributed by atoms with Gasteiger partial charge >= 0.3 is 0 Å². The molecule has 35 heavy (non-hydrogen) atoms. The van der Waals surface area contributed by atoms with Gasteiger partial charge in [-0.1, -0.05) is 95.7 Å². The standard InChI is InChI=1S/C28H25N3O3S/c1-21-13-15-24(16-14-21)35(32,33)31-27-19-28(22-9-5-3-6-10-22,23-11-7-4-8-12-23)18-17-25(27)26(30-31)20-29-34-2/h3-18,20H,19H2,1-2H3. The van der Waals surface area contributed by atoms with Crippen LogP contribution in [0.25, 0.3) is 6.08 Å². The van der Waals surface area contributed by atoms with Gasteiger partial charge in [-0.15, -0.1) is 0 Å². The summed E-state index contributed by atoms with van der Waals surface area (Å²) < 4.78 is 28.7. The minimum Gasteiger partial charge on any atom is -0.399 e. The molecule has 4 aromatic rings. The Kier molecular flexibility index (Phi) is 5.86. The molecule has 0 saturated heterocycles. The Labute approximate surface area is 205 Å². The zero-order valence-corrected chi connectivity index (χ0v) is 20.3. The fraction of sp³-hybridized carbons (Fsp3) is 0.143. The maximum atomic E-state index is 13.8. The predicted molar refractivity (Wildman–Crippen MR) is 137 cm³/mol. The van der Waals surface area contributed by atoms with Crippen LogP contribution >= 0.6 is 0 Å². The van der Waals surface area contributed by atoms with E-state index in [9.17, 15) is 8.42 Å². The van der Waals surface area contributed by atoms with Crippen LogP contribution in [0.1, 0.15) is 33.6 Å². The van der Waals surface area contributed by atoms with Crippen LogP contribution < -0.4 is 0 Å². The second-order valence-electron chi connectivity index (χ2n) is 8.54. The van der Waals surface area contributed by atoms with Gasteiger partial charge in [0.1, 0.15) is 12.8 Å². The van der Waals surface area contributed by atoms with E-state index in [1.54, 1.807) is 24.3 Å². The molecule has 6 nitrogen and oxygen atoms in total. The first-order valence-electron chi connectivity index (χ1n) is 11.3. The van der Waals surface area contributed by atoms with Gasteiger partial charge in [0.25, 0.3) is 10.0 Å². The van der Waals surface area contributed by atoms with Crippen molar-refractivity contribution >= 4 is 22.3 Å². The first kappa shape index (κ1) is 22.8. The highest BCUT2D eigenvalue weighted by atomic mass is 32.2. The highest BCUT2D eigenvalue weighted by Crippen LogP contribution is 2.42. The summed E-state index contributed by atoms with van der Waals surface area (Å²) in [7, 11) is -2.51. The van der Waals surface area contributed by atoms with E-state index in [1.165, 1.54) is 13.3 Å². The van der Waals surface area contributed by atoms with Crippen LogP contribution in [0.15, 0.2) is 101 Å². The molecule has 7 heteroatoms. The van der Waals surface area contributed by atoms with Crippen LogP contribution in [0, 0.1) is 6.92 Å². The number of aromatic nitrogens is 2. The quantitative estimate of drug-likeness (QED) is 0.287. The fourth-order valence-corrected chi connectivity index (χ4v) is 5.93. The van der Waals surface area contributed by atoms with E-state index >= 15 is 0 Å². The number of fused-ring (bicyclic) bond motifs is 1. The highest BCUT2D eigenvalue weighted by molar-refractivity contribution is 7.89. The van der Waals surface area contributed by atoms with E-state index < -0.39 is 15.4 Å². The van der Waals surface area contributed by atoms with Crippen molar-refractivity contribution in [3.8, 4) is 0 Å². The SMILES string of the molecule is CON=Cc1nn(S(=O)(=O)c2ccc(C)cc2)c2c1C=CC(c1ccccc1)(c1ccccc1)C2. The van der Waals surface area contributed by atoms with Crippen molar-refractivity contribution in [3.63, 3.8) is 0 Å².